The molecule has 0 unspecified atom stereocenters. The predicted molar refractivity (Wildman–Crippen MR) is 92.9 cm³/mol. The Kier molecular flexibility index (Phi) is 6.21. The summed E-state index contributed by atoms with van der Waals surface area (Å²) in [7, 11) is 0. The molecule has 0 N–H and O–H groups in total. The fraction of sp³-hybridized carbons (Fsp3) is 0.375. The number of aryl methyl sites for hydroxylation is 1. The maximum absolute atomic E-state index is 12.3. The molecule has 1 aliphatic heterocycles. The molecule has 0 radical (unpaired) electrons. The average Bonchev–Trinajstić information content (AvgIpc) is 3.08. The van der Waals surface area contributed by atoms with Gasteiger partial charge in [-0.2, -0.15) is 0 Å². The van der Waals surface area contributed by atoms with Crippen LogP contribution in [0.3, 0.4) is 0 Å². The Morgan fingerprint density at radius 3 is 2.50 bits per heavy atom. The van der Waals surface area contributed by atoms with Crippen molar-refractivity contribution in [3.63, 3.8) is 0 Å². The van der Waals surface area contributed by atoms with Crippen LogP contribution in [0.25, 0.3) is 0 Å². The minimum absolute atomic E-state index is 0. The number of thiazole rings is 1. The van der Waals surface area contributed by atoms with Crippen LogP contribution in [0, 0.1) is 0 Å². The molecule has 0 aliphatic carbocycles. The third kappa shape index (κ3) is 4.21. The van der Waals surface area contributed by atoms with Gasteiger partial charge in [0.05, 0.1) is 0 Å². The number of carbonyl (C=O) groups is 1. The van der Waals surface area contributed by atoms with E-state index in [-0.39, 0.29) is 18.3 Å². The van der Waals surface area contributed by atoms with Crippen molar-refractivity contribution < 1.29 is 4.79 Å². The Morgan fingerprint density at radius 1 is 1.14 bits per heavy atom. The molecular weight excluding hydrogens is 318 g/mol. The lowest BCUT2D eigenvalue weighted by Crippen LogP contribution is -2.48. The van der Waals surface area contributed by atoms with Gasteiger partial charge in [-0.3, -0.25) is 4.79 Å². The van der Waals surface area contributed by atoms with Crippen molar-refractivity contribution in [3.05, 3.63) is 47.5 Å². The Bertz CT molecular complexity index is 568. The van der Waals surface area contributed by atoms with E-state index in [4.69, 9.17) is 0 Å². The van der Waals surface area contributed by atoms with Crippen LogP contribution in [0.5, 0.6) is 0 Å². The summed E-state index contributed by atoms with van der Waals surface area (Å²) in [5.41, 5.74) is 1.23. The quantitative estimate of drug-likeness (QED) is 0.860. The summed E-state index contributed by atoms with van der Waals surface area (Å²) in [6, 6.07) is 10.2. The van der Waals surface area contributed by atoms with Crippen molar-refractivity contribution in [2.24, 2.45) is 0 Å². The third-order valence-electron chi connectivity index (χ3n) is 3.79. The second-order valence-electron chi connectivity index (χ2n) is 5.17. The lowest BCUT2D eigenvalue weighted by molar-refractivity contribution is -0.131. The van der Waals surface area contributed by atoms with Gasteiger partial charge in [-0.15, -0.1) is 23.7 Å². The van der Waals surface area contributed by atoms with Crippen molar-refractivity contribution in [2.75, 3.05) is 31.1 Å². The van der Waals surface area contributed by atoms with Crippen molar-refractivity contribution in [2.45, 2.75) is 12.8 Å². The Hall–Kier alpha value is -1.59. The van der Waals surface area contributed by atoms with Crippen LogP contribution in [-0.4, -0.2) is 42.0 Å². The van der Waals surface area contributed by atoms with Crippen molar-refractivity contribution in [1.82, 2.24) is 9.88 Å². The lowest BCUT2D eigenvalue weighted by Gasteiger charge is -2.34. The van der Waals surface area contributed by atoms with Gasteiger partial charge in [0.15, 0.2) is 5.13 Å². The van der Waals surface area contributed by atoms with Gasteiger partial charge in [0.25, 0.3) is 0 Å². The van der Waals surface area contributed by atoms with Crippen molar-refractivity contribution >= 4 is 34.8 Å². The number of nitrogens with zero attached hydrogens (tertiary/aromatic N) is 3. The number of amides is 1. The molecule has 1 fully saturated rings. The highest BCUT2D eigenvalue weighted by Gasteiger charge is 2.21. The highest BCUT2D eigenvalue weighted by Crippen LogP contribution is 2.19. The van der Waals surface area contributed by atoms with Gasteiger partial charge in [0.1, 0.15) is 0 Å². The van der Waals surface area contributed by atoms with Crippen LogP contribution in [0.15, 0.2) is 41.9 Å². The van der Waals surface area contributed by atoms with Gasteiger partial charge >= 0.3 is 0 Å². The standard InChI is InChI=1S/C16H19N3OS.ClH/c20-15(7-6-14-4-2-1-3-5-14)18-9-11-19(12-10-18)16-17-8-13-21-16;/h1-5,8,13H,6-7,9-12H2;1H. The Morgan fingerprint density at radius 2 is 1.86 bits per heavy atom. The monoisotopic (exact) mass is 337 g/mol. The zero-order chi connectivity index (χ0) is 14.5. The van der Waals surface area contributed by atoms with E-state index in [9.17, 15) is 4.79 Å². The summed E-state index contributed by atoms with van der Waals surface area (Å²) in [4.78, 5) is 20.8. The first kappa shape index (κ1) is 16.8. The SMILES string of the molecule is Cl.O=C(CCc1ccccc1)N1CCN(c2nccs2)CC1. The highest BCUT2D eigenvalue weighted by molar-refractivity contribution is 7.13. The molecule has 1 aromatic heterocycles. The van der Waals surface area contributed by atoms with Gasteiger partial charge < -0.3 is 9.80 Å². The van der Waals surface area contributed by atoms with E-state index in [0.29, 0.717) is 6.42 Å². The molecule has 6 heteroatoms. The summed E-state index contributed by atoms with van der Waals surface area (Å²) in [5, 5.41) is 3.05. The van der Waals surface area contributed by atoms with Gasteiger partial charge in [-0.25, -0.2) is 4.98 Å². The van der Waals surface area contributed by atoms with Gasteiger partial charge in [-0.05, 0) is 12.0 Å². The predicted octanol–water partition coefficient (Wildman–Crippen LogP) is 2.85. The Labute approximate surface area is 141 Å². The van der Waals surface area contributed by atoms with E-state index in [1.165, 1.54) is 5.56 Å². The van der Waals surface area contributed by atoms with Gasteiger partial charge in [-0.1, -0.05) is 30.3 Å². The average molecular weight is 338 g/mol. The molecule has 0 saturated carbocycles. The maximum atomic E-state index is 12.3. The second kappa shape index (κ2) is 8.15. The summed E-state index contributed by atoms with van der Waals surface area (Å²) in [6.07, 6.45) is 3.25. The molecule has 22 heavy (non-hydrogen) atoms. The van der Waals surface area contributed by atoms with Crippen molar-refractivity contribution in [3.8, 4) is 0 Å². The lowest BCUT2D eigenvalue weighted by atomic mass is 10.1. The van der Waals surface area contributed by atoms with Crippen LogP contribution in [-0.2, 0) is 11.2 Å². The van der Waals surface area contributed by atoms with E-state index in [0.717, 1.165) is 37.7 Å². The number of hydrogen-bond acceptors (Lipinski definition) is 4. The van der Waals surface area contributed by atoms with E-state index >= 15 is 0 Å². The zero-order valence-electron chi connectivity index (χ0n) is 12.4. The number of aromatic nitrogens is 1. The first-order valence-corrected chi connectivity index (χ1v) is 8.17. The molecule has 1 amide bonds. The summed E-state index contributed by atoms with van der Waals surface area (Å²) in [5.74, 6) is 0.262. The summed E-state index contributed by atoms with van der Waals surface area (Å²) in [6.45, 7) is 3.36. The smallest absolute Gasteiger partial charge is 0.223 e. The molecule has 1 aliphatic rings. The second-order valence-corrected chi connectivity index (χ2v) is 6.04. The largest absolute Gasteiger partial charge is 0.345 e. The topological polar surface area (TPSA) is 36.4 Å². The molecule has 3 rings (SSSR count). The molecule has 0 bridgehead atoms. The number of anilines is 1. The minimum atomic E-state index is 0. The van der Waals surface area contributed by atoms with Crippen LogP contribution in [0.2, 0.25) is 0 Å². The first-order valence-electron chi connectivity index (χ1n) is 7.29. The van der Waals surface area contributed by atoms with E-state index in [2.05, 4.69) is 22.0 Å². The molecule has 1 aromatic carbocycles. The summed E-state index contributed by atoms with van der Waals surface area (Å²) >= 11 is 1.66. The van der Waals surface area contributed by atoms with Gasteiger partial charge in [0, 0.05) is 44.2 Å². The minimum Gasteiger partial charge on any atom is -0.345 e. The molecule has 2 heterocycles. The Balaban J connectivity index is 0.00000176. The molecular formula is C16H20ClN3OS. The third-order valence-corrected chi connectivity index (χ3v) is 4.62. The molecule has 0 atom stereocenters. The number of hydrogen-bond donors (Lipinski definition) is 0. The number of rotatable bonds is 4. The molecule has 4 nitrogen and oxygen atoms in total. The van der Waals surface area contributed by atoms with E-state index in [1.54, 1.807) is 11.3 Å². The maximum Gasteiger partial charge on any atom is 0.223 e. The molecule has 0 spiro atoms. The molecule has 1 saturated heterocycles. The number of benzene rings is 1. The normalized spacial score (nSPS) is 14.5. The summed E-state index contributed by atoms with van der Waals surface area (Å²) < 4.78 is 0. The number of piperazine rings is 1. The highest BCUT2D eigenvalue weighted by atomic mass is 35.5. The fourth-order valence-electron chi connectivity index (χ4n) is 2.57. The van der Waals surface area contributed by atoms with Crippen LogP contribution in [0.4, 0.5) is 5.13 Å². The number of carbonyl (C=O) groups excluding carboxylic acids is 1. The van der Waals surface area contributed by atoms with Gasteiger partial charge in [0.2, 0.25) is 5.91 Å². The zero-order valence-corrected chi connectivity index (χ0v) is 14.0. The fourth-order valence-corrected chi connectivity index (χ4v) is 3.27. The van der Waals surface area contributed by atoms with E-state index < -0.39 is 0 Å². The molecule has 2 aromatic rings. The van der Waals surface area contributed by atoms with Crippen LogP contribution >= 0.6 is 23.7 Å². The van der Waals surface area contributed by atoms with Crippen molar-refractivity contribution in [1.29, 1.82) is 0 Å². The molecule has 118 valence electrons. The van der Waals surface area contributed by atoms with Crippen LogP contribution in [0.1, 0.15) is 12.0 Å². The first-order chi connectivity index (χ1) is 10.3. The number of halogens is 1. The van der Waals surface area contributed by atoms with E-state index in [1.807, 2.05) is 34.7 Å². The van der Waals surface area contributed by atoms with Crippen LogP contribution < -0.4 is 4.90 Å².